The third kappa shape index (κ3) is 1.64. The van der Waals surface area contributed by atoms with Gasteiger partial charge in [-0.05, 0) is 19.8 Å². The molecule has 0 spiro atoms. The van der Waals surface area contributed by atoms with E-state index in [0.29, 0.717) is 0 Å². The summed E-state index contributed by atoms with van der Waals surface area (Å²) < 4.78 is 0. The maximum Gasteiger partial charge on any atom is 0.407 e. The Bertz CT molecular complexity index is 340. The minimum absolute atomic E-state index is 0.0499. The predicted molar refractivity (Wildman–Crippen MR) is 54.2 cm³/mol. The van der Waals surface area contributed by atoms with Crippen LogP contribution in [-0.2, 0) is 9.59 Å². The van der Waals surface area contributed by atoms with Crippen LogP contribution in [0.1, 0.15) is 26.7 Å². The molecule has 2 N–H and O–H groups in total. The van der Waals surface area contributed by atoms with E-state index in [1.807, 2.05) is 0 Å². The highest BCUT2D eigenvalue weighted by atomic mass is 16.4. The van der Waals surface area contributed by atoms with E-state index < -0.39 is 29.3 Å². The van der Waals surface area contributed by atoms with Crippen LogP contribution in [0.5, 0.6) is 0 Å². The molecule has 0 aromatic rings. The lowest BCUT2D eigenvalue weighted by Gasteiger charge is -2.39. The number of Topliss-reactive ketones (excluding diaryl/α,β-unsaturated/α-hetero) is 1. The number of rotatable bonds is 2. The van der Waals surface area contributed by atoms with Gasteiger partial charge in [0, 0.05) is 6.54 Å². The number of likely N-dealkylation sites (tertiary alicyclic amines) is 1. The number of piperidine rings is 1. The molecule has 1 rings (SSSR count). The molecule has 16 heavy (non-hydrogen) atoms. The van der Waals surface area contributed by atoms with Gasteiger partial charge in [-0.1, -0.05) is 6.92 Å². The first kappa shape index (κ1) is 12.5. The molecule has 0 bridgehead atoms. The van der Waals surface area contributed by atoms with Gasteiger partial charge >= 0.3 is 12.1 Å². The van der Waals surface area contributed by atoms with Crippen molar-refractivity contribution in [3.63, 3.8) is 0 Å². The Balaban J connectivity index is 3.03. The second-order valence-corrected chi connectivity index (χ2v) is 4.01. The predicted octanol–water partition coefficient (Wildman–Crippen LogP) is 0.809. The van der Waals surface area contributed by atoms with Crippen molar-refractivity contribution in [2.45, 2.75) is 32.7 Å². The Labute approximate surface area is 92.9 Å². The summed E-state index contributed by atoms with van der Waals surface area (Å²) in [6, 6.07) is -0.887. The number of amides is 1. The van der Waals surface area contributed by atoms with Gasteiger partial charge < -0.3 is 10.2 Å². The number of ketones is 1. The van der Waals surface area contributed by atoms with Gasteiger partial charge in [0.25, 0.3) is 0 Å². The van der Waals surface area contributed by atoms with E-state index in [9.17, 15) is 14.4 Å². The van der Waals surface area contributed by atoms with Crippen LogP contribution in [0.4, 0.5) is 4.79 Å². The molecule has 1 fully saturated rings. The summed E-state index contributed by atoms with van der Waals surface area (Å²) in [4.78, 5) is 34.9. The van der Waals surface area contributed by atoms with Crippen molar-refractivity contribution >= 4 is 17.8 Å². The highest BCUT2D eigenvalue weighted by molar-refractivity contribution is 6.06. The number of carboxylic acids is 1. The van der Waals surface area contributed by atoms with Crippen molar-refractivity contribution in [1.29, 1.82) is 0 Å². The topological polar surface area (TPSA) is 94.9 Å². The summed E-state index contributed by atoms with van der Waals surface area (Å²) in [6.45, 7) is 3.15. The third-order valence-corrected chi connectivity index (χ3v) is 3.36. The molecular weight excluding hydrogens is 214 g/mol. The zero-order valence-corrected chi connectivity index (χ0v) is 9.27. The highest BCUT2D eigenvalue weighted by Crippen LogP contribution is 2.35. The quantitative estimate of drug-likeness (QED) is 0.683. The second-order valence-electron chi connectivity index (χ2n) is 4.01. The number of aliphatic carboxylic acids is 1. The first-order valence-corrected chi connectivity index (χ1v) is 5.14. The van der Waals surface area contributed by atoms with Gasteiger partial charge in [-0.2, -0.15) is 0 Å². The van der Waals surface area contributed by atoms with Crippen molar-refractivity contribution in [3.8, 4) is 0 Å². The number of carbonyl (C=O) groups excluding carboxylic acids is 1. The molecule has 6 heteroatoms. The average molecular weight is 229 g/mol. The van der Waals surface area contributed by atoms with Gasteiger partial charge in [-0.25, -0.2) is 4.79 Å². The smallest absolute Gasteiger partial charge is 0.407 e. The molecule has 1 unspecified atom stereocenters. The van der Waals surface area contributed by atoms with Crippen LogP contribution in [0, 0.1) is 5.41 Å². The van der Waals surface area contributed by atoms with E-state index in [-0.39, 0.29) is 19.4 Å². The van der Waals surface area contributed by atoms with Gasteiger partial charge in [-0.3, -0.25) is 14.5 Å². The van der Waals surface area contributed by atoms with E-state index in [2.05, 4.69) is 0 Å². The summed E-state index contributed by atoms with van der Waals surface area (Å²) in [5.74, 6) is -1.67. The molecule has 6 nitrogen and oxygen atoms in total. The first-order valence-electron chi connectivity index (χ1n) is 5.14. The molecule has 0 aromatic heterocycles. The van der Waals surface area contributed by atoms with Crippen LogP contribution in [0.25, 0.3) is 0 Å². The lowest BCUT2D eigenvalue weighted by molar-refractivity contribution is -0.160. The average Bonchev–Trinajstić information content (AvgIpc) is 2.21. The summed E-state index contributed by atoms with van der Waals surface area (Å²) >= 11 is 0. The van der Waals surface area contributed by atoms with Gasteiger partial charge in [-0.15, -0.1) is 0 Å². The van der Waals surface area contributed by atoms with Crippen molar-refractivity contribution < 1.29 is 24.6 Å². The molecule has 0 saturated carbocycles. The Morgan fingerprint density at radius 1 is 1.50 bits per heavy atom. The zero-order chi connectivity index (χ0) is 12.5. The molecule has 1 aliphatic heterocycles. The van der Waals surface area contributed by atoms with Crippen LogP contribution in [-0.4, -0.2) is 45.5 Å². The van der Waals surface area contributed by atoms with Gasteiger partial charge in [0.2, 0.25) is 0 Å². The van der Waals surface area contributed by atoms with Crippen LogP contribution in [0.15, 0.2) is 0 Å². The molecule has 0 radical (unpaired) electrons. The van der Waals surface area contributed by atoms with Crippen LogP contribution < -0.4 is 0 Å². The minimum atomic E-state index is -1.41. The summed E-state index contributed by atoms with van der Waals surface area (Å²) in [5, 5.41) is 17.9. The number of hydrogen-bond acceptors (Lipinski definition) is 3. The van der Waals surface area contributed by atoms with Crippen molar-refractivity contribution in [2.75, 3.05) is 6.54 Å². The van der Waals surface area contributed by atoms with Crippen molar-refractivity contribution in [1.82, 2.24) is 4.90 Å². The van der Waals surface area contributed by atoms with Crippen LogP contribution in [0.3, 0.4) is 0 Å². The van der Waals surface area contributed by atoms with E-state index in [1.165, 1.54) is 6.92 Å². The fourth-order valence-corrected chi connectivity index (χ4v) is 2.15. The van der Waals surface area contributed by atoms with E-state index in [1.54, 1.807) is 6.92 Å². The van der Waals surface area contributed by atoms with Crippen molar-refractivity contribution in [2.24, 2.45) is 5.41 Å². The molecule has 90 valence electrons. The molecule has 0 aromatic carbocycles. The number of hydrogen-bond donors (Lipinski definition) is 2. The fraction of sp³-hybridized carbons (Fsp3) is 0.700. The Morgan fingerprint density at radius 2 is 2.06 bits per heavy atom. The van der Waals surface area contributed by atoms with E-state index in [4.69, 9.17) is 10.2 Å². The van der Waals surface area contributed by atoms with E-state index in [0.717, 1.165) is 4.90 Å². The van der Waals surface area contributed by atoms with Gasteiger partial charge in [0.1, 0.15) is 5.41 Å². The molecule has 1 saturated heterocycles. The Hall–Kier alpha value is -1.59. The molecule has 1 heterocycles. The standard InChI is InChI=1S/C10H15NO5/c1-3-10(8(13)14)4-5-11(9(15)16)6(2)7(10)12/h6H,3-5H2,1-2H3,(H,13,14)(H,15,16)/t6-,10?/m0/s1. The Kier molecular flexibility index (Phi) is 3.21. The number of nitrogens with zero attached hydrogens (tertiary/aromatic N) is 1. The Morgan fingerprint density at radius 3 is 2.44 bits per heavy atom. The molecule has 2 atom stereocenters. The fourth-order valence-electron chi connectivity index (χ4n) is 2.15. The van der Waals surface area contributed by atoms with Gasteiger partial charge in [0.15, 0.2) is 5.78 Å². The SMILES string of the molecule is CCC1(C(=O)O)CCN(C(=O)O)[C@@H](C)C1=O. The van der Waals surface area contributed by atoms with Gasteiger partial charge in [0.05, 0.1) is 6.04 Å². The summed E-state index contributed by atoms with van der Waals surface area (Å²) in [7, 11) is 0. The molecule has 0 aliphatic carbocycles. The normalized spacial score (nSPS) is 30.2. The summed E-state index contributed by atoms with van der Waals surface area (Å²) in [6.07, 6.45) is -0.941. The summed E-state index contributed by atoms with van der Waals surface area (Å²) in [5.41, 5.74) is -1.41. The molecular formula is C10H15NO5. The monoisotopic (exact) mass is 229 g/mol. The molecule has 1 aliphatic rings. The largest absolute Gasteiger partial charge is 0.480 e. The number of carboxylic acid groups (broad SMARTS) is 2. The zero-order valence-electron chi connectivity index (χ0n) is 9.27. The minimum Gasteiger partial charge on any atom is -0.480 e. The second kappa shape index (κ2) is 4.11. The van der Waals surface area contributed by atoms with E-state index >= 15 is 0 Å². The molecule has 1 amide bonds. The maximum atomic E-state index is 11.9. The number of carbonyl (C=O) groups is 3. The lowest BCUT2D eigenvalue weighted by atomic mass is 9.72. The van der Waals surface area contributed by atoms with Crippen LogP contribution >= 0.6 is 0 Å². The lowest BCUT2D eigenvalue weighted by Crippen LogP contribution is -2.57. The maximum absolute atomic E-state index is 11.9. The first-order chi connectivity index (χ1) is 7.36. The third-order valence-electron chi connectivity index (χ3n) is 3.36. The highest BCUT2D eigenvalue weighted by Gasteiger charge is 2.51. The van der Waals surface area contributed by atoms with Crippen LogP contribution in [0.2, 0.25) is 0 Å². The van der Waals surface area contributed by atoms with Crippen molar-refractivity contribution in [3.05, 3.63) is 0 Å².